The Labute approximate surface area is 179 Å². The van der Waals surface area contributed by atoms with E-state index in [0.717, 1.165) is 33.4 Å². The number of hydrogen-bond acceptors (Lipinski definition) is 6. The summed E-state index contributed by atoms with van der Waals surface area (Å²) >= 11 is 0. The molecule has 150 valence electrons. The van der Waals surface area contributed by atoms with Crippen molar-refractivity contribution in [2.45, 2.75) is 13.8 Å². The lowest BCUT2D eigenvalue weighted by molar-refractivity contribution is 0.486. The number of aromatic nitrogens is 5. The van der Waals surface area contributed by atoms with Crippen LogP contribution in [-0.4, -0.2) is 24.9 Å². The summed E-state index contributed by atoms with van der Waals surface area (Å²) in [6.45, 7) is 4.01. The summed E-state index contributed by atoms with van der Waals surface area (Å²) in [6.07, 6.45) is 6.95. The highest BCUT2D eigenvalue weighted by molar-refractivity contribution is 5.88. The van der Waals surface area contributed by atoms with Crippen LogP contribution in [0.5, 0.6) is 11.5 Å². The van der Waals surface area contributed by atoms with Gasteiger partial charge in [0.1, 0.15) is 11.4 Å². The standard InChI is InChI=1S/C25H19N5O/c1-16-14-23(24(30-17(16)2)20-6-3-4-10-26-20)31-22-9-13-27-21-15-18(7-8-19(21)22)25-28-11-5-12-29-25/h3-15H,1-2H3. The Bertz CT molecular complexity index is 1370. The summed E-state index contributed by atoms with van der Waals surface area (Å²) in [5.41, 5.74) is 5.18. The van der Waals surface area contributed by atoms with Crippen molar-refractivity contribution in [3.8, 4) is 34.3 Å². The van der Waals surface area contributed by atoms with E-state index in [0.29, 0.717) is 23.0 Å². The first-order valence-electron chi connectivity index (χ1n) is 9.93. The summed E-state index contributed by atoms with van der Waals surface area (Å²) < 4.78 is 6.38. The van der Waals surface area contributed by atoms with Crippen LogP contribution in [0.2, 0.25) is 0 Å². The van der Waals surface area contributed by atoms with Crippen molar-refractivity contribution in [1.82, 2.24) is 24.9 Å². The summed E-state index contributed by atoms with van der Waals surface area (Å²) in [5, 5.41) is 0.896. The lowest BCUT2D eigenvalue weighted by Gasteiger charge is -2.14. The van der Waals surface area contributed by atoms with E-state index in [1.54, 1.807) is 30.9 Å². The molecule has 5 aromatic rings. The topological polar surface area (TPSA) is 73.7 Å². The number of hydrogen-bond donors (Lipinski definition) is 0. The second kappa shape index (κ2) is 7.91. The zero-order valence-electron chi connectivity index (χ0n) is 17.1. The number of nitrogens with zero attached hydrogens (tertiary/aromatic N) is 5. The molecule has 0 bridgehead atoms. The fraction of sp³-hybridized carbons (Fsp3) is 0.0800. The highest BCUT2D eigenvalue weighted by Gasteiger charge is 2.15. The van der Waals surface area contributed by atoms with E-state index < -0.39 is 0 Å². The van der Waals surface area contributed by atoms with Gasteiger partial charge in [-0.2, -0.15) is 0 Å². The summed E-state index contributed by atoms with van der Waals surface area (Å²) in [7, 11) is 0. The molecule has 5 rings (SSSR count). The number of benzene rings is 1. The second-order valence-corrected chi connectivity index (χ2v) is 7.17. The zero-order chi connectivity index (χ0) is 21.2. The average molecular weight is 405 g/mol. The second-order valence-electron chi connectivity index (χ2n) is 7.17. The molecule has 0 fully saturated rings. The maximum atomic E-state index is 6.38. The lowest BCUT2D eigenvalue weighted by atomic mass is 10.1. The molecule has 0 aliphatic carbocycles. The van der Waals surface area contributed by atoms with Gasteiger partial charge in [-0.25, -0.2) is 15.0 Å². The van der Waals surface area contributed by atoms with Gasteiger partial charge in [0.05, 0.1) is 11.2 Å². The Balaban J connectivity index is 1.59. The normalized spacial score (nSPS) is 10.9. The number of pyridine rings is 3. The van der Waals surface area contributed by atoms with Crippen LogP contribution in [0.3, 0.4) is 0 Å². The Kier molecular flexibility index (Phi) is 4.80. The molecule has 0 N–H and O–H groups in total. The number of aryl methyl sites for hydroxylation is 2. The van der Waals surface area contributed by atoms with Crippen LogP contribution in [0.15, 0.2) is 79.4 Å². The Morgan fingerprint density at radius 2 is 1.55 bits per heavy atom. The van der Waals surface area contributed by atoms with E-state index in [1.165, 1.54) is 0 Å². The van der Waals surface area contributed by atoms with Crippen LogP contribution in [0, 0.1) is 13.8 Å². The van der Waals surface area contributed by atoms with E-state index in [4.69, 9.17) is 9.72 Å². The molecule has 4 aromatic heterocycles. The molecule has 0 saturated heterocycles. The molecule has 0 amide bonds. The van der Waals surface area contributed by atoms with Crippen LogP contribution >= 0.6 is 0 Å². The monoisotopic (exact) mass is 405 g/mol. The first-order chi connectivity index (χ1) is 15.2. The Morgan fingerprint density at radius 1 is 0.710 bits per heavy atom. The van der Waals surface area contributed by atoms with Crippen molar-refractivity contribution in [3.63, 3.8) is 0 Å². The van der Waals surface area contributed by atoms with Crippen LogP contribution in [0.25, 0.3) is 33.7 Å². The van der Waals surface area contributed by atoms with E-state index in [9.17, 15) is 0 Å². The molecular formula is C25H19N5O. The molecule has 4 heterocycles. The van der Waals surface area contributed by atoms with E-state index in [2.05, 4.69) is 19.9 Å². The Hall–Kier alpha value is -4.19. The Morgan fingerprint density at radius 3 is 2.35 bits per heavy atom. The van der Waals surface area contributed by atoms with E-state index >= 15 is 0 Å². The van der Waals surface area contributed by atoms with Gasteiger partial charge in [0.15, 0.2) is 11.6 Å². The lowest BCUT2D eigenvalue weighted by Crippen LogP contribution is -1.98. The molecule has 0 unspecified atom stereocenters. The molecule has 6 nitrogen and oxygen atoms in total. The fourth-order valence-electron chi connectivity index (χ4n) is 3.36. The van der Waals surface area contributed by atoms with Gasteiger partial charge in [0.25, 0.3) is 0 Å². The number of fused-ring (bicyclic) bond motifs is 1. The highest BCUT2D eigenvalue weighted by Crippen LogP contribution is 2.36. The largest absolute Gasteiger partial charge is 0.454 e. The van der Waals surface area contributed by atoms with Crippen molar-refractivity contribution < 1.29 is 4.74 Å². The van der Waals surface area contributed by atoms with Gasteiger partial charge in [-0.05, 0) is 61.9 Å². The molecular weight excluding hydrogens is 386 g/mol. The van der Waals surface area contributed by atoms with Crippen molar-refractivity contribution in [2.75, 3.05) is 0 Å². The van der Waals surface area contributed by atoms with Crippen molar-refractivity contribution in [2.24, 2.45) is 0 Å². The third kappa shape index (κ3) is 3.71. The third-order valence-electron chi connectivity index (χ3n) is 5.09. The molecule has 0 saturated carbocycles. The first kappa shape index (κ1) is 18.8. The molecule has 0 aliphatic heterocycles. The molecule has 0 atom stereocenters. The quantitative estimate of drug-likeness (QED) is 0.390. The molecule has 0 radical (unpaired) electrons. The van der Waals surface area contributed by atoms with Crippen molar-refractivity contribution >= 4 is 10.9 Å². The minimum Gasteiger partial charge on any atom is -0.454 e. The van der Waals surface area contributed by atoms with Gasteiger partial charge in [-0.15, -0.1) is 0 Å². The third-order valence-corrected chi connectivity index (χ3v) is 5.09. The molecule has 0 spiro atoms. The summed E-state index contributed by atoms with van der Waals surface area (Å²) in [5.74, 6) is 2.02. The van der Waals surface area contributed by atoms with Crippen molar-refractivity contribution in [1.29, 1.82) is 0 Å². The van der Waals surface area contributed by atoms with Crippen LogP contribution in [0.1, 0.15) is 11.3 Å². The fourth-order valence-corrected chi connectivity index (χ4v) is 3.36. The number of ether oxygens (including phenoxy) is 1. The van der Waals surface area contributed by atoms with Gasteiger partial charge in [-0.3, -0.25) is 9.97 Å². The first-order valence-corrected chi connectivity index (χ1v) is 9.93. The molecule has 1 aromatic carbocycles. The molecule has 6 heteroatoms. The molecule has 31 heavy (non-hydrogen) atoms. The van der Waals surface area contributed by atoms with Gasteiger partial charge < -0.3 is 4.74 Å². The minimum absolute atomic E-state index is 0.657. The SMILES string of the molecule is Cc1cc(Oc2ccnc3cc(-c4ncccn4)ccc23)c(-c2ccccn2)nc1C. The van der Waals surface area contributed by atoms with Gasteiger partial charge >= 0.3 is 0 Å². The maximum absolute atomic E-state index is 6.38. The number of rotatable bonds is 4. The average Bonchev–Trinajstić information content (AvgIpc) is 2.82. The van der Waals surface area contributed by atoms with Crippen LogP contribution in [-0.2, 0) is 0 Å². The van der Waals surface area contributed by atoms with E-state index in [1.807, 2.05) is 62.4 Å². The zero-order valence-corrected chi connectivity index (χ0v) is 17.1. The highest BCUT2D eigenvalue weighted by atomic mass is 16.5. The minimum atomic E-state index is 0.657. The maximum Gasteiger partial charge on any atom is 0.159 e. The van der Waals surface area contributed by atoms with Gasteiger partial charge in [0.2, 0.25) is 0 Å². The van der Waals surface area contributed by atoms with Crippen LogP contribution < -0.4 is 4.74 Å². The smallest absolute Gasteiger partial charge is 0.159 e. The van der Waals surface area contributed by atoms with Crippen molar-refractivity contribution in [3.05, 3.63) is 90.6 Å². The summed E-state index contributed by atoms with van der Waals surface area (Å²) in [4.78, 5) is 22.4. The van der Waals surface area contributed by atoms with E-state index in [-0.39, 0.29) is 0 Å². The summed E-state index contributed by atoms with van der Waals surface area (Å²) in [6, 6.07) is 17.3. The van der Waals surface area contributed by atoms with Crippen LogP contribution in [0.4, 0.5) is 0 Å². The predicted molar refractivity (Wildman–Crippen MR) is 120 cm³/mol. The predicted octanol–water partition coefficient (Wildman–Crippen LogP) is 5.56. The molecule has 0 aliphatic rings. The van der Waals surface area contributed by atoms with Gasteiger partial charge in [-0.1, -0.05) is 12.1 Å². The van der Waals surface area contributed by atoms with Gasteiger partial charge in [0, 0.05) is 41.4 Å².